The normalized spacial score (nSPS) is 12.7. The van der Waals surface area contributed by atoms with Crippen molar-refractivity contribution >= 4 is 11.9 Å². The highest BCUT2D eigenvalue weighted by molar-refractivity contribution is 5.96. The van der Waals surface area contributed by atoms with Crippen LogP contribution in [-0.4, -0.2) is 25.0 Å². The van der Waals surface area contributed by atoms with Crippen molar-refractivity contribution in [3.8, 4) is 0 Å². The smallest absolute Gasteiger partial charge is 0.416 e. The van der Waals surface area contributed by atoms with Crippen LogP contribution in [0.15, 0.2) is 24.3 Å². The van der Waals surface area contributed by atoms with Gasteiger partial charge in [-0.05, 0) is 31.2 Å². The van der Waals surface area contributed by atoms with E-state index >= 15 is 0 Å². The Bertz CT molecular complexity index is 468. The maximum atomic E-state index is 12.3. The number of carbonyl (C=O) groups is 2. The minimum atomic E-state index is -4.45. The molecule has 7 heteroatoms. The predicted octanol–water partition coefficient (Wildman–Crippen LogP) is 2.00. The van der Waals surface area contributed by atoms with Gasteiger partial charge in [0.15, 0.2) is 0 Å². The highest BCUT2D eigenvalue weighted by Gasteiger charge is 2.30. The second-order valence-corrected chi connectivity index (χ2v) is 3.79. The molecular weight excluding hydrogens is 263 g/mol. The lowest BCUT2D eigenvalue weighted by Crippen LogP contribution is -2.39. The van der Waals surface area contributed by atoms with Crippen LogP contribution in [0, 0.1) is 0 Å². The van der Waals surface area contributed by atoms with Crippen molar-refractivity contribution in [2.24, 2.45) is 0 Å². The van der Waals surface area contributed by atoms with E-state index in [9.17, 15) is 22.8 Å². The number of amides is 1. The first-order valence-corrected chi connectivity index (χ1v) is 5.31. The van der Waals surface area contributed by atoms with Crippen LogP contribution in [0.5, 0.6) is 0 Å². The summed E-state index contributed by atoms with van der Waals surface area (Å²) < 4.78 is 41.4. The largest absolute Gasteiger partial charge is 0.467 e. The van der Waals surface area contributed by atoms with Crippen LogP contribution in [0.1, 0.15) is 22.8 Å². The maximum Gasteiger partial charge on any atom is 0.416 e. The Morgan fingerprint density at radius 2 is 1.74 bits per heavy atom. The Morgan fingerprint density at radius 1 is 1.21 bits per heavy atom. The number of hydrogen-bond donors (Lipinski definition) is 1. The molecule has 19 heavy (non-hydrogen) atoms. The molecule has 1 rings (SSSR count). The van der Waals surface area contributed by atoms with Gasteiger partial charge in [0.25, 0.3) is 5.91 Å². The zero-order valence-corrected chi connectivity index (χ0v) is 10.2. The summed E-state index contributed by atoms with van der Waals surface area (Å²) in [5.74, 6) is -1.29. The summed E-state index contributed by atoms with van der Waals surface area (Å²) in [6.07, 6.45) is -4.45. The van der Waals surface area contributed by atoms with E-state index in [-0.39, 0.29) is 5.56 Å². The average molecular weight is 275 g/mol. The standard InChI is InChI=1S/C12H12F3NO3/c1-7(11(18)19-2)16-10(17)8-3-5-9(6-4-8)12(13,14)15/h3-7H,1-2H3,(H,16,17). The molecule has 0 aliphatic rings. The minimum Gasteiger partial charge on any atom is -0.467 e. The van der Waals surface area contributed by atoms with Gasteiger partial charge in [-0.2, -0.15) is 13.2 Å². The highest BCUT2D eigenvalue weighted by Crippen LogP contribution is 2.29. The van der Waals surface area contributed by atoms with Crippen molar-refractivity contribution in [2.75, 3.05) is 7.11 Å². The molecule has 0 bridgehead atoms. The Balaban J connectivity index is 2.76. The van der Waals surface area contributed by atoms with Crippen LogP contribution in [0.4, 0.5) is 13.2 Å². The number of benzene rings is 1. The van der Waals surface area contributed by atoms with Gasteiger partial charge in [-0.25, -0.2) is 4.79 Å². The van der Waals surface area contributed by atoms with E-state index < -0.39 is 29.7 Å². The first-order valence-electron chi connectivity index (χ1n) is 5.31. The van der Waals surface area contributed by atoms with E-state index in [2.05, 4.69) is 10.1 Å². The van der Waals surface area contributed by atoms with Crippen LogP contribution < -0.4 is 5.32 Å². The molecule has 0 spiro atoms. The van der Waals surface area contributed by atoms with Gasteiger partial charge in [0.1, 0.15) is 6.04 Å². The molecule has 0 aliphatic heterocycles. The van der Waals surface area contributed by atoms with E-state index in [1.165, 1.54) is 14.0 Å². The first kappa shape index (κ1) is 15.0. The van der Waals surface area contributed by atoms with Gasteiger partial charge in [0, 0.05) is 5.56 Å². The second-order valence-electron chi connectivity index (χ2n) is 3.79. The number of methoxy groups -OCH3 is 1. The van der Waals surface area contributed by atoms with E-state index in [1.54, 1.807) is 0 Å². The average Bonchev–Trinajstić information content (AvgIpc) is 2.36. The monoisotopic (exact) mass is 275 g/mol. The maximum absolute atomic E-state index is 12.3. The molecule has 1 aromatic rings. The minimum absolute atomic E-state index is 0.0313. The predicted molar refractivity (Wildman–Crippen MR) is 60.4 cm³/mol. The fraction of sp³-hybridized carbons (Fsp3) is 0.333. The number of nitrogens with one attached hydrogen (secondary N) is 1. The lowest BCUT2D eigenvalue weighted by Gasteiger charge is -2.12. The molecule has 0 saturated heterocycles. The Kier molecular flexibility index (Phi) is 4.52. The lowest BCUT2D eigenvalue weighted by molar-refractivity contribution is -0.142. The van der Waals surface area contributed by atoms with E-state index in [0.717, 1.165) is 24.3 Å². The molecule has 0 radical (unpaired) electrons. The Labute approximate surface area is 107 Å². The molecule has 0 heterocycles. The number of rotatable bonds is 3. The van der Waals surface area contributed by atoms with E-state index in [1.807, 2.05) is 0 Å². The van der Waals surface area contributed by atoms with Gasteiger partial charge < -0.3 is 10.1 Å². The summed E-state index contributed by atoms with van der Waals surface area (Å²) in [5, 5.41) is 2.31. The van der Waals surface area contributed by atoms with Gasteiger partial charge in [-0.3, -0.25) is 4.79 Å². The van der Waals surface area contributed by atoms with Crippen LogP contribution in [-0.2, 0) is 15.7 Å². The molecule has 1 unspecified atom stereocenters. The van der Waals surface area contributed by atoms with Crippen molar-refractivity contribution in [1.29, 1.82) is 0 Å². The van der Waals surface area contributed by atoms with Gasteiger partial charge in [-0.15, -0.1) is 0 Å². The van der Waals surface area contributed by atoms with Crippen molar-refractivity contribution in [1.82, 2.24) is 5.32 Å². The molecule has 4 nitrogen and oxygen atoms in total. The summed E-state index contributed by atoms with van der Waals surface area (Å²) in [7, 11) is 1.17. The molecular formula is C12H12F3NO3. The van der Waals surface area contributed by atoms with Crippen molar-refractivity contribution in [3.63, 3.8) is 0 Å². The fourth-order valence-electron chi connectivity index (χ4n) is 1.33. The summed E-state index contributed by atoms with van der Waals surface area (Å²) in [4.78, 5) is 22.7. The molecule has 1 atom stereocenters. The molecule has 1 amide bonds. The van der Waals surface area contributed by atoms with Gasteiger partial charge in [0.05, 0.1) is 12.7 Å². The first-order chi connectivity index (χ1) is 8.75. The van der Waals surface area contributed by atoms with Gasteiger partial charge in [-0.1, -0.05) is 0 Å². The number of hydrogen-bond acceptors (Lipinski definition) is 3. The van der Waals surface area contributed by atoms with Crippen LogP contribution in [0.3, 0.4) is 0 Å². The lowest BCUT2D eigenvalue weighted by atomic mass is 10.1. The Morgan fingerprint density at radius 3 is 2.16 bits per heavy atom. The van der Waals surface area contributed by atoms with Crippen molar-refractivity contribution in [2.45, 2.75) is 19.1 Å². The van der Waals surface area contributed by atoms with E-state index in [4.69, 9.17) is 0 Å². The fourth-order valence-corrected chi connectivity index (χ4v) is 1.33. The summed E-state index contributed by atoms with van der Waals surface area (Å²) in [5.41, 5.74) is -0.811. The zero-order valence-electron chi connectivity index (χ0n) is 10.2. The van der Waals surface area contributed by atoms with Crippen LogP contribution in [0.25, 0.3) is 0 Å². The number of carbonyl (C=O) groups excluding carboxylic acids is 2. The quantitative estimate of drug-likeness (QED) is 0.858. The molecule has 0 saturated carbocycles. The van der Waals surface area contributed by atoms with Crippen molar-refractivity contribution in [3.05, 3.63) is 35.4 Å². The highest BCUT2D eigenvalue weighted by atomic mass is 19.4. The molecule has 104 valence electrons. The van der Waals surface area contributed by atoms with Gasteiger partial charge in [0.2, 0.25) is 0 Å². The molecule has 0 fully saturated rings. The third kappa shape index (κ3) is 3.97. The van der Waals surface area contributed by atoms with Crippen molar-refractivity contribution < 1.29 is 27.5 Å². The molecule has 1 aromatic carbocycles. The molecule has 0 aliphatic carbocycles. The number of esters is 1. The van der Waals surface area contributed by atoms with Crippen LogP contribution in [0.2, 0.25) is 0 Å². The van der Waals surface area contributed by atoms with Gasteiger partial charge >= 0.3 is 12.1 Å². The Hall–Kier alpha value is -2.05. The van der Waals surface area contributed by atoms with E-state index in [0.29, 0.717) is 0 Å². The van der Waals surface area contributed by atoms with Crippen LogP contribution >= 0.6 is 0 Å². The molecule has 0 aromatic heterocycles. The number of alkyl halides is 3. The second kappa shape index (κ2) is 5.73. The SMILES string of the molecule is COC(=O)C(C)NC(=O)c1ccc(C(F)(F)F)cc1. The third-order valence-corrected chi connectivity index (χ3v) is 2.38. The number of ether oxygens (including phenoxy) is 1. The molecule has 1 N–H and O–H groups in total. The summed E-state index contributed by atoms with van der Waals surface area (Å²) in [6, 6.07) is 2.82. The third-order valence-electron chi connectivity index (χ3n) is 2.38. The topological polar surface area (TPSA) is 55.4 Å². The number of halogens is 3. The summed E-state index contributed by atoms with van der Waals surface area (Å²) in [6.45, 7) is 1.41. The summed E-state index contributed by atoms with van der Waals surface area (Å²) >= 11 is 0. The zero-order chi connectivity index (χ0) is 14.6.